The molecule has 0 saturated heterocycles. The molecule has 1 aromatic rings. The summed E-state index contributed by atoms with van der Waals surface area (Å²) >= 11 is 9.76. The van der Waals surface area contributed by atoms with E-state index in [1.54, 1.807) is 13.8 Å². The number of carbonyl (C=O) groups is 1. The maximum absolute atomic E-state index is 11.3. The number of halogens is 1. The quantitative estimate of drug-likeness (QED) is 0.481. The smallest absolute Gasteiger partial charge is 0.358 e. The number of aromatic nitrogens is 2. The van der Waals surface area contributed by atoms with E-state index >= 15 is 0 Å². The summed E-state index contributed by atoms with van der Waals surface area (Å²) in [5, 5.41) is 0.156. The van der Waals surface area contributed by atoms with Crippen molar-refractivity contribution in [3.63, 3.8) is 0 Å². The molecule has 0 amide bonds. The van der Waals surface area contributed by atoms with E-state index in [0.29, 0.717) is 5.82 Å². The Hall–Kier alpha value is -0.810. The SMILES string of the molecule is CCOC(=O)c1nc(C)nc(Cl)c1S. The Balaban J connectivity index is 3.13. The molecule has 4 nitrogen and oxygen atoms in total. The first-order valence-corrected chi connectivity index (χ1v) is 4.79. The van der Waals surface area contributed by atoms with Crippen molar-refractivity contribution in [3.05, 3.63) is 16.7 Å². The van der Waals surface area contributed by atoms with E-state index < -0.39 is 5.97 Å². The predicted molar refractivity (Wildman–Crippen MR) is 55.0 cm³/mol. The Kier molecular flexibility index (Phi) is 3.71. The molecule has 0 unspecified atom stereocenters. The highest BCUT2D eigenvalue weighted by atomic mass is 35.5. The molecule has 14 heavy (non-hydrogen) atoms. The van der Waals surface area contributed by atoms with Crippen molar-refractivity contribution in [3.8, 4) is 0 Å². The van der Waals surface area contributed by atoms with E-state index in [9.17, 15) is 4.79 Å². The van der Waals surface area contributed by atoms with E-state index in [1.807, 2.05) is 0 Å². The van der Waals surface area contributed by atoms with Gasteiger partial charge in [0, 0.05) is 0 Å². The molecule has 1 rings (SSSR count). The molecule has 0 aliphatic rings. The van der Waals surface area contributed by atoms with Gasteiger partial charge in [-0.2, -0.15) is 0 Å². The van der Waals surface area contributed by atoms with Gasteiger partial charge in [-0.15, -0.1) is 12.6 Å². The van der Waals surface area contributed by atoms with Crippen LogP contribution in [0.25, 0.3) is 0 Å². The highest BCUT2D eigenvalue weighted by molar-refractivity contribution is 7.80. The van der Waals surface area contributed by atoms with Gasteiger partial charge in [-0.3, -0.25) is 0 Å². The average molecular weight is 233 g/mol. The van der Waals surface area contributed by atoms with Gasteiger partial charge in [-0.25, -0.2) is 14.8 Å². The molecule has 1 aromatic heterocycles. The van der Waals surface area contributed by atoms with Gasteiger partial charge in [-0.05, 0) is 13.8 Å². The maximum atomic E-state index is 11.3. The van der Waals surface area contributed by atoms with Crippen LogP contribution in [0, 0.1) is 6.92 Å². The predicted octanol–water partition coefficient (Wildman–Crippen LogP) is 1.90. The van der Waals surface area contributed by atoms with Crippen LogP contribution in [-0.4, -0.2) is 22.5 Å². The molecule has 6 heteroatoms. The summed E-state index contributed by atoms with van der Waals surface area (Å²) in [4.78, 5) is 19.3. The van der Waals surface area contributed by atoms with Crippen molar-refractivity contribution in [1.82, 2.24) is 9.97 Å². The number of carbonyl (C=O) groups excluding carboxylic acids is 1. The monoisotopic (exact) mass is 232 g/mol. The summed E-state index contributed by atoms with van der Waals surface area (Å²) in [5.74, 6) is -0.124. The Bertz CT molecular complexity index is 371. The number of thiol groups is 1. The molecule has 0 aliphatic heterocycles. The number of aryl methyl sites for hydroxylation is 1. The van der Waals surface area contributed by atoms with Crippen LogP contribution >= 0.6 is 24.2 Å². The van der Waals surface area contributed by atoms with E-state index in [2.05, 4.69) is 22.6 Å². The summed E-state index contributed by atoms with van der Waals surface area (Å²) < 4.78 is 4.78. The van der Waals surface area contributed by atoms with E-state index in [-0.39, 0.29) is 22.3 Å². The third-order valence-corrected chi connectivity index (χ3v) is 2.25. The van der Waals surface area contributed by atoms with Crippen LogP contribution in [0.2, 0.25) is 5.15 Å². The summed E-state index contributed by atoms with van der Waals surface area (Å²) in [6.45, 7) is 3.64. The van der Waals surface area contributed by atoms with Crippen LogP contribution in [-0.2, 0) is 4.74 Å². The maximum Gasteiger partial charge on any atom is 0.358 e. The Labute approximate surface area is 92.1 Å². The van der Waals surface area contributed by atoms with Gasteiger partial charge in [0.1, 0.15) is 11.0 Å². The molecule has 0 spiro atoms. The molecule has 0 bridgehead atoms. The molecule has 0 N–H and O–H groups in total. The lowest BCUT2D eigenvalue weighted by atomic mass is 10.4. The highest BCUT2D eigenvalue weighted by Crippen LogP contribution is 2.21. The van der Waals surface area contributed by atoms with Gasteiger partial charge in [0.05, 0.1) is 11.5 Å². The third kappa shape index (κ3) is 2.36. The first kappa shape index (κ1) is 11.3. The zero-order valence-corrected chi connectivity index (χ0v) is 9.39. The lowest BCUT2D eigenvalue weighted by Crippen LogP contribution is -2.10. The summed E-state index contributed by atoms with van der Waals surface area (Å²) in [6.07, 6.45) is 0. The van der Waals surface area contributed by atoms with Crippen molar-refractivity contribution >= 4 is 30.2 Å². The molecule has 1 heterocycles. The largest absolute Gasteiger partial charge is 0.461 e. The summed E-state index contributed by atoms with van der Waals surface area (Å²) in [6, 6.07) is 0. The second kappa shape index (κ2) is 4.61. The third-order valence-electron chi connectivity index (χ3n) is 1.42. The molecule has 0 aliphatic carbocycles. The van der Waals surface area contributed by atoms with Gasteiger partial charge in [0.15, 0.2) is 5.69 Å². The number of rotatable bonds is 2. The number of hydrogen-bond acceptors (Lipinski definition) is 5. The molecular formula is C8H9ClN2O2S. The fourth-order valence-electron chi connectivity index (χ4n) is 0.874. The Morgan fingerprint density at radius 3 is 2.79 bits per heavy atom. The van der Waals surface area contributed by atoms with Crippen LogP contribution in [0.5, 0.6) is 0 Å². The van der Waals surface area contributed by atoms with E-state index in [1.165, 1.54) is 0 Å². The lowest BCUT2D eigenvalue weighted by molar-refractivity contribution is 0.0514. The van der Waals surface area contributed by atoms with Crippen LogP contribution in [0.15, 0.2) is 4.90 Å². The van der Waals surface area contributed by atoms with Gasteiger partial charge in [-0.1, -0.05) is 11.6 Å². The van der Waals surface area contributed by atoms with Gasteiger partial charge in [0.2, 0.25) is 0 Å². The van der Waals surface area contributed by atoms with Crippen molar-refractivity contribution in [2.75, 3.05) is 6.61 Å². The normalized spacial score (nSPS) is 10.0. The van der Waals surface area contributed by atoms with Crippen LogP contribution in [0.1, 0.15) is 23.2 Å². The molecule has 0 saturated carbocycles. The minimum Gasteiger partial charge on any atom is -0.461 e. The van der Waals surface area contributed by atoms with E-state index in [4.69, 9.17) is 16.3 Å². The minimum absolute atomic E-state index is 0.104. The van der Waals surface area contributed by atoms with Crippen molar-refractivity contribution < 1.29 is 9.53 Å². The van der Waals surface area contributed by atoms with Crippen LogP contribution in [0.3, 0.4) is 0 Å². The first-order chi connectivity index (χ1) is 6.56. The standard InChI is InChI=1S/C8H9ClN2O2S/c1-3-13-8(12)5-6(14)7(9)11-4(2)10-5/h14H,3H2,1-2H3. The van der Waals surface area contributed by atoms with E-state index in [0.717, 1.165) is 0 Å². The average Bonchev–Trinajstić information content (AvgIpc) is 2.11. The van der Waals surface area contributed by atoms with Crippen molar-refractivity contribution in [1.29, 1.82) is 0 Å². The lowest BCUT2D eigenvalue weighted by Gasteiger charge is -2.05. The minimum atomic E-state index is -0.537. The molecule has 0 aromatic carbocycles. The first-order valence-electron chi connectivity index (χ1n) is 3.96. The molecular weight excluding hydrogens is 224 g/mol. The second-order valence-corrected chi connectivity index (χ2v) is 3.28. The van der Waals surface area contributed by atoms with Crippen LogP contribution in [0.4, 0.5) is 0 Å². The molecule has 0 radical (unpaired) electrons. The number of hydrogen-bond donors (Lipinski definition) is 1. The molecule has 0 atom stereocenters. The zero-order valence-electron chi connectivity index (χ0n) is 7.74. The fourth-order valence-corrected chi connectivity index (χ4v) is 1.28. The molecule has 76 valence electrons. The highest BCUT2D eigenvalue weighted by Gasteiger charge is 2.16. The Morgan fingerprint density at radius 1 is 1.57 bits per heavy atom. The topological polar surface area (TPSA) is 52.1 Å². The number of esters is 1. The molecule has 0 fully saturated rings. The van der Waals surface area contributed by atoms with Gasteiger partial charge < -0.3 is 4.74 Å². The zero-order chi connectivity index (χ0) is 10.7. The van der Waals surface area contributed by atoms with Crippen molar-refractivity contribution in [2.24, 2.45) is 0 Å². The summed E-state index contributed by atoms with van der Waals surface area (Å²) in [7, 11) is 0. The van der Waals surface area contributed by atoms with Crippen LogP contribution < -0.4 is 0 Å². The summed E-state index contributed by atoms with van der Waals surface area (Å²) in [5.41, 5.74) is 0.104. The Morgan fingerprint density at radius 2 is 2.21 bits per heavy atom. The number of nitrogens with zero attached hydrogens (tertiary/aromatic N) is 2. The van der Waals surface area contributed by atoms with Gasteiger partial charge in [0.25, 0.3) is 0 Å². The van der Waals surface area contributed by atoms with Gasteiger partial charge >= 0.3 is 5.97 Å². The number of ether oxygens (including phenoxy) is 1. The van der Waals surface area contributed by atoms with Crippen molar-refractivity contribution in [2.45, 2.75) is 18.7 Å². The second-order valence-electron chi connectivity index (χ2n) is 2.48. The fraction of sp³-hybridized carbons (Fsp3) is 0.375.